The third-order valence-corrected chi connectivity index (χ3v) is 1.58. The van der Waals surface area contributed by atoms with Crippen LogP contribution in [-0.2, 0) is 0 Å². The predicted molar refractivity (Wildman–Crippen MR) is 61.8 cm³/mol. The van der Waals surface area contributed by atoms with Crippen LogP contribution in [0.25, 0.3) is 0 Å². The fraction of sp³-hybridized carbons (Fsp3) is 0.385. The minimum atomic E-state index is 1.13. The van der Waals surface area contributed by atoms with E-state index in [2.05, 4.69) is 37.0 Å². The second-order valence-electron chi connectivity index (χ2n) is 3.13. The second-order valence-corrected chi connectivity index (χ2v) is 3.13. The summed E-state index contributed by atoms with van der Waals surface area (Å²) in [6.45, 7) is 7.85. The maximum atomic E-state index is 3.80. The highest BCUT2D eigenvalue weighted by Gasteiger charge is 1.79. The lowest BCUT2D eigenvalue weighted by Crippen LogP contribution is -1.69. The predicted octanol–water partition coefficient (Wildman–Crippen LogP) is 4.42. The standard InChI is InChI=1S/C13H20/c1-4-5-6-7-8-9-10-11-12-13(2)3/h4-7,11-12H,2,8-10H2,1,3H3/b5-4+,7-6+,12-11+. The fourth-order valence-corrected chi connectivity index (χ4v) is 0.924. The zero-order valence-corrected chi connectivity index (χ0v) is 8.79. The smallest absolute Gasteiger partial charge is 0.0345 e. The maximum Gasteiger partial charge on any atom is -0.0345 e. The highest BCUT2D eigenvalue weighted by atomic mass is 13.9. The quantitative estimate of drug-likeness (QED) is 0.415. The van der Waals surface area contributed by atoms with Crippen molar-refractivity contribution in [1.29, 1.82) is 0 Å². The molecule has 0 rings (SSSR count). The first kappa shape index (κ1) is 12.0. The van der Waals surface area contributed by atoms with E-state index in [0.29, 0.717) is 0 Å². The van der Waals surface area contributed by atoms with Gasteiger partial charge in [-0.15, -0.1) is 0 Å². The summed E-state index contributed by atoms with van der Waals surface area (Å²) in [6.07, 6.45) is 16.2. The molecule has 0 aromatic rings. The summed E-state index contributed by atoms with van der Waals surface area (Å²) in [5.74, 6) is 0. The van der Waals surface area contributed by atoms with Gasteiger partial charge in [0.2, 0.25) is 0 Å². The Hall–Kier alpha value is -1.04. The Kier molecular flexibility index (Phi) is 8.33. The van der Waals surface area contributed by atoms with Crippen LogP contribution in [0.1, 0.15) is 33.1 Å². The van der Waals surface area contributed by atoms with Crippen molar-refractivity contribution in [2.24, 2.45) is 0 Å². The molecule has 0 N–H and O–H groups in total. The molecule has 0 aromatic heterocycles. The topological polar surface area (TPSA) is 0 Å². The molecule has 0 heteroatoms. The van der Waals surface area contributed by atoms with E-state index in [1.165, 1.54) is 6.42 Å². The molecule has 0 aromatic carbocycles. The van der Waals surface area contributed by atoms with E-state index in [9.17, 15) is 0 Å². The number of hydrogen-bond donors (Lipinski definition) is 0. The van der Waals surface area contributed by atoms with E-state index in [0.717, 1.165) is 18.4 Å². The molecule has 0 fully saturated rings. The van der Waals surface area contributed by atoms with Crippen LogP contribution in [0.2, 0.25) is 0 Å². The highest BCUT2D eigenvalue weighted by Crippen LogP contribution is 2.00. The molecule has 72 valence electrons. The van der Waals surface area contributed by atoms with Gasteiger partial charge in [-0.25, -0.2) is 0 Å². The molecule has 13 heavy (non-hydrogen) atoms. The van der Waals surface area contributed by atoms with Gasteiger partial charge < -0.3 is 0 Å². The normalized spacial score (nSPS) is 12.2. The van der Waals surface area contributed by atoms with E-state index in [4.69, 9.17) is 0 Å². The van der Waals surface area contributed by atoms with E-state index in [1.807, 2.05) is 19.9 Å². The molecule has 0 unspecified atom stereocenters. The van der Waals surface area contributed by atoms with Gasteiger partial charge in [0.1, 0.15) is 0 Å². The first-order valence-corrected chi connectivity index (χ1v) is 4.87. The Labute approximate surface area is 82.4 Å². The summed E-state index contributed by atoms with van der Waals surface area (Å²) < 4.78 is 0. The van der Waals surface area contributed by atoms with Crippen LogP contribution < -0.4 is 0 Å². The third-order valence-electron chi connectivity index (χ3n) is 1.58. The van der Waals surface area contributed by atoms with Crippen molar-refractivity contribution in [3.8, 4) is 0 Å². The number of hydrogen-bond acceptors (Lipinski definition) is 0. The monoisotopic (exact) mass is 176 g/mol. The molecule has 0 saturated heterocycles. The molecular formula is C13H20. The first-order valence-electron chi connectivity index (χ1n) is 4.87. The summed E-state index contributed by atoms with van der Waals surface area (Å²) in [7, 11) is 0. The fourth-order valence-electron chi connectivity index (χ4n) is 0.924. The molecule has 0 atom stereocenters. The van der Waals surface area contributed by atoms with Gasteiger partial charge in [0, 0.05) is 0 Å². The van der Waals surface area contributed by atoms with Crippen LogP contribution in [0.15, 0.2) is 48.6 Å². The molecule has 0 aliphatic carbocycles. The van der Waals surface area contributed by atoms with Gasteiger partial charge in [-0.05, 0) is 33.1 Å². The van der Waals surface area contributed by atoms with Crippen LogP contribution in [-0.4, -0.2) is 0 Å². The molecule has 0 bridgehead atoms. The van der Waals surface area contributed by atoms with Crippen molar-refractivity contribution in [1.82, 2.24) is 0 Å². The first-order chi connectivity index (χ1) is 6.27. The minimum absolute atomic E-state index is 1.13. The average molecular weight is 176 g/mol. The van der Waals surface area contributed by atoms with Gasteiger partial charge in [-0.3, -0.25) is 0 Å². The van der Waals surface area contributed by atoms with Crippen molar-refractivity contribution in [2.45, 2.75) is 33.1 Å². The molecule has 0 nitrogen and oxygen atoms in total. The summed E-state index contributed by atoms with van der Waals surface area (Å²) >= 11 is 0. The van der Waals surface area contributed by atoms with Crippen molar-refractivity contribution in [2.75, 3.05) is 0 Å². The van der Waals surface area contributed by atoms with Crippen LogP contribution in [0.4, 0.5) is 0 Å². The Balaban J connectivity index is 3.31. The second kappa shape index (κ2) is 9.05. The summed E-state index contributed by atoms with van der Waals surface area (Å²) in [4.78, 5) is 0. The zero-order chi connectivity index (χ0) is 9.94. The lowest BCUT2D eigenvalue weighted by atomic mass is 10.2. The van der Waals surface area contributed by atoms with Crippen molar-refractivity contribution < 1.29 is 0 Å². The van der Waals surface area contributed by atoms with Crippen molar-refractivity contribution in [3.05, 3.63) is 48.6 Å². The van der Waals surface area contributed by atoms with E-state index >= 15 is 0 Å². The summed E-state index contributed by atoms with van der Waals surface area (Å²) in [5.41, 5.74) is 1.13. The Morgan fingerprint density at radius 1 is 1.15 bits per heavy atom. The Bertz CT molecular complexity index is 204. The van der Waals surface area contributed by atoms with Crippen LogP contribution >= 0.6 is 0 Å². The van der Waals surface area contributed by atoms with Crippen LogP contribution in [0, 0.1) is 0 Å². The van der Waals surface area contributed by atoms with Gasteiger partial charge >= 0.3 is 0 Å². The molecule has 0 aliphatic rings. The molecule has 0 heterocycles. The van der Waals surface area contributed by atoms with E-state index in [-0.39, 0.29) is 0 Å². The average Bonchev–Trinajstić information content (AvgIpc) is 2.09. The van der Waals surface area contributed by atoms with E-state index in [1.54, 1.807) is 0 Å². The largest absolute Gasteiger partial charge is 0.0961 e. The molecule has 0 amide bonds. The zero-order valence-electron chi connectivity index (χ0n) is 8.79. The van der Waals surface area contributed by atoms with E-state index < -0.39 is 0 Å². The molecule has 0 radical (unpaired) electrons. The Morgan fingerprint density at radius 2 is 1.85 bits per heavy atom. The minimum Gasteiger partial charge on any atom is -0.0961 e. The molecule has 0 saturated carbocycles. The van der Waals surface area contributed by atoms with Crippen LogP contribution in [0.5, 0.6) is 0 Å². The Morgan fingerprint density at radius 3 is 2.46 bits per heavy atom. The van der Waals surface area contributed by atoms with Gasteiger partial charge in [0.15, 0.2) is 0 Å². The molecular weight excluding hydrogens is 156 g/mol. The number of rotatable bonds is 6. The van der Waals surface area contributed by atoms with Gasteiger partial charge in [0.25, 0.3) is 0 Å². The number of allylic oxidation sites excluding steroid dienone is 7. The number of unbranched alkanes of at least 4 members (excludes halogenated alkanes) is 2. The summed E-state index contributed by atoms with van der Waals surface area (Å²) in [5, 5.41) is 0. The van der Waals surface area contributed by atoms with Gasteiger partial charge in [-0.2, -0.15) is 0 Å². The third kappa shape index (κ3) is 11.0. The van der Waals surface area contributed by atoms with Crippen molar-refractivity contribution >= 4 is 0 Å². The molecule has 0 spiro atoms. The highest BCUT2D eigenvalue weighted by molar-refractivity contribution is 5.10. The lowest BCUT2D eigenvalue weighted by Gasteiger charge is -1.89. The lowest BCUT2D eigenvalue weighted by molar-refractivity contribution is 0.867. The molecule has 0 aliphatic heterocycles. The van der Waals surface area contributed by atoms with Crippen LogP contribution in [0.3, 0.4) is 0 Å². The SMILES string of the molecule is C=C(C)/C=C/CCC/C=C/C=C/C. The van der Waals surface area contributed by atoms with Crippen molar-refractivity contribution in [3.63, 3.8) is 0 Å². The maximum absolute atomic E-state index is 3.80. The summed E-state index contributed by atoms with van der Waals surface area (Å²) in [6, 6.07) is 0. The van der Waals surface area contributed by atoms with Gasteiger partial charge in [0.05, 0.1) is 0 Å². The van der Waals surface area contributed by atoms with Gasteiger partial charge in [-0.1, -0.05) is 48.6 Å².